The number of nitrogens with zero attached hydrogens (tertiary/aromatic N) is 1. The summed E-state index contributed by atoms with van der Waals surface area (Å²) in [4.78, 5) is 18.3. The van der Waals surface area contributed by atoms with Crippen LogP contribution in [0.1, 0.15) is 34.3 Å². The third-order valence-electron chi connectivity index (χ3n) is 4.74. The molecule has 0 aliphatic heterocycles. The summed E-state index contributed by atoms with van der Waals surface area (Å²) in [5.74, 6) is 0.426. The molecule has 26 heavy (non-hydrogen) atoms. The fraction of sp³-hybridized carbons (Fsp3) is 0.300. The minimum absolute atomic E-state index is 0.321. The van der Waals surface area contributed by atoms with E-state index in [0.717, 1.165) is 52.0 Å². The first kappa shape index (κ1) is 16.8. The molecule has 0 spiro atoms. The van der Waals surface area contributed by atoms with E-state index in [1.807, 2.05) is 24.3 Å². The molecule has 1 aliphatic carbocycles. The Morgan fingerprint density at radius 1 is 1.27 bits per heavy atom. The minimum Gasteiger partial charge on any atom is -0.497 e. The van der Waals surface area contributed by atoms with Gasteiger partial charge in [-0.05, 0) is 55.0 Å². The Morgan fingerprint density at radius 2 is 2.04 bits per heavy atom. The second-order valence-electron chi connectivity index (χ2n) is 6.24. The number of nitrogens with two attached hydrogens (primary N) is 1. The quantitative estimate of drug-likeness (QED) is 0.698. The van der Waals surface area contributed by atoms with Crippen molar-refractivity contribution >= 4 is 33.2 Å². The molecule has 0 atom stereocenters. The van der Waals surface area contributed by atoms with Gasteiger partial charge in [0, 0.05) is 11.1 Å². The van der Waals surface area contributed by atoms with Crippen LogP contribution in [0.15, 0.2) is 24.3 Å². The van der Waals surface area contributed by atoms with Crippen molar-refractivity contribution < 1.29 is 14.3 Å². The molecule has 0 bridgehead atoms. The number of nitrogen functional groups attached to an aromatic ring is 1. The Labute approximate surface area is 155 Å². The van der Waals surface area contributed by atoms with Crippen molar-refractivity contribution in [3.8, 4) is 16.9 Å². The van der Waals surface area contributed by atoms with Crippen LogP contribution in [0, 0.1) is 0 Å². The predicted octanol–water partition coefficient (Wildman–Crippen LogP) is 4.22. The predicted molar refractivity (Wildman–Crippen MR) is 104 cm³/mol. The number of hydrogen-bond donors (Lipinski definition) is 1. The van der Waals surface area contributed by atoms with Crippen LogP contribution in [0.25, 0.3) is 21.3 Å². The molecule has 2 aromatic heterocycles. The van der Waals surface area contributed by atoms with Gasteiger partial charge in [-0.2, -0.15) is 0 Å². The Hall–Kier alpha value is -2.60. The first-order valence-corrected chi connectivity index (χ1v) is 9.51. The molecule has 0 amide bonds. The van der Waals surface area contributed by atoms with Crippen LogP contribution in [-0.2, 0) is 17.6 Å². The van der Waals surface area contributed by atoms with E-state index in [2.05, 4.69) is 0 Å². The van der Waals surface area contributed by atoms with E-state index in [1.54, 1.807) is 14.0 Å². The minimum atomic E-state index is -0.381. The van der Waals surface area contributed by atoms with Crippen molar-refractivity contribution in [2.24, 2.45) is 0 Å². The fourth-order valence-corrected chi connectivity index (χ4v) is 4.59. The molecular weight excluding hydrogens is 348 g/mol. The zero-order valence-electron chi connectivity index (χ0n) is 14.8. The number of rotatable bonds is 4. The molecule has 0 fully saturated rings. The molecular formula is C20H20N2O3S. The monoisotopic (exact) mass is 368 g/mol. The Kier molecular flexibility index (Phi) is 4.28. The fourth-order valence-electron chi connectivity index (χ4n) is 3.57. The van der Waals surface area contributed by atoms with Crippen LogP contribution in [0.3, 0.4) is 0 Å². The highest BCUT2D eigenvalue weighted by molar-refractivity contribution is 7.21. The van der Waals surface area contributed by atoms with Crippen molar-refractivity contribution in [1.82, 2.24) is 4.98 Å². The van der Waals surface area contributed by atoms with Crippen LogP contribution in [0.4, 0.5) is 5.69 Å². The van der Waals surface area contributed by atoms with Gasteiger partial charge in [-0.1, -0.05) is 12.1 Å². The van der Waals surface area contributed by atoms with Gasteiger partial charge in [-0.25, -0.2) is 9.78 Å². The summed E-state index contributed by atoms with van der Waals surface area (Å²) in [7, 11) is 1.65. The topological polar surface area (TPSA) is 74.4 Å². The molecule has 2 N–H and O–H groups in total. The number of pyridine rings is 1. The Balaban J connectivity index is 1.98. The second kappa shape index (κ2) is 6.61. The normalized spacial score (nSPS) is 13.0. The van der Waals surface area contributed by atoms with Gasteiger partial charge < -0.3 is 15.2 Å². The molecule has 3 aromatic rings. The number of aromatic nitrogens is 1. The van der Waals surface area contributed by atoms with Crippen molar-refractivity contribution in [3.05, 3.63) is 40.4 Å². The van der Waals surface area contributed by atoms with Gasteiger partial charge in [0.05, 0.1) is 19.4 Å². The number of fused-ring (bicyclic) bond motifs is 2. The van der Waals surface area contributed by atoms with Gasteiger partial charge in [0.25, 0.3) is 0 Å². The molecule has 0 saturated heterocycles. The lowest BCUT2D eigenvalue weighted by Gasteiger charge is -2.12. The van der Waals surface area contributed by atoms with Crippen LogP contribution in [0.2, 0.25) is 0 Å². The lowest BCUT2D eigenvalue weighted by Crippen LogP contribution is -2.05. The number of thiophene rings is 1. The lowest BCUT2D eigenvalue weighted by atomic mass is 9.96. The molecule has 0 saturated carbocycles. The Bertz CT molecular complexity index is 993. The van der Waals surface area contributed by atoms with Gasteiger partial charge in [0.15, 0.2) is 0 Å². The molecule has 134 valence electrons. The van der Waals surface area contributed by atoms with Crippen LogP contribution in [0.5, 0.6) is 5.75 Å². The van der Waals surface area contributed by atoms with Gasteiger partial charge in [-0.15, -0.1) is 11.3 Å². The van der Waals surface area contributed by atoms with Crippen molar-refractivity contribution in [3.63, 3.8) is 0 Å². The average molecular weight is 368 g/mol. The summed E-state index contributed by atoms with van der Waals surface area (Å²) in [5.41, 5.74) is 11.4. The van der Waals surface area contributed by atoms with E-state index >= 15 is 0 Å². The van der Waals surface area contributed by atoms with Crippen LogP contribution in [-0.4, -0.2) is 24.7 Å². The van der Waals surface area contributed by atoms with E-state index in [4.69, 9.17) is 20.2 Å². The number of benzene rings is 1. The molecule has 0 unspecified atom stereocenters. The van der Waals surface area contributed by atoms with Gasteiger partial charge in [0.2, 0.25) is 0 Å². The van der Waals surface area contributed by atoms with E-state index in [0.29, 0.717) is 17.2 Å². The third kappa shape index (κ3) is 2.61. The number of aryl methyl sites for hydroxylation is 1. The number of hydrogen-bond acceptors (Lipinski definition) is 6. The van der Waals surface area contributed by atoms with Crippen molar-refractivity contribution in [2.45, 2.75) is 26.2 Å². The smallest absolute Gasteiger partial charge is 0.350 e. The molecule has 2 heterocycles. The number of anilines is 1. The standard InChI is InChI=1S/C20H20N2O3S/c1-3-25-20(23)18-17(21)16-15(11-7-9-12(24-2)10-8-11)13-5-4-6-14(13)22-19(16)26-18/h7-10H,3-6,21H2,1-2H3. The third-order valence-corrected chi connectivity index (χ3v) is 5.82. The first-order valence-electron chi connectivity index (χ1n) is 8.69. The maximum absolute atomic E-state index is 12.3. The summed E-state index contributed by atoms with van der Waals surface area (Å²) < 4.78 is 10.4. The first-order chi connectivity index (χ1) is 12.6. The number of methoxy groups -OCH3 is 1. The second-order valence-corrected chi connectivity index (χ2v) is 7.24. The van der Waals surface area contributed by atoms with E-state index < -0.39 is 0 Å². The van der Waals surface area contributed by atoms with Gasteiger partial charge >= 0.3 is 5.97 Å². The summed E-state index contributed by atoms with van der Waals surface area (Å²) in [5, 5.41) is 0.865. The average Bonchev–Trinajstić information content (AvgIpc) is 3.25. The Morgan fingerprint density at radius 3 is 2.73 bits per heavy atom. The maximum atomic E-state index is 12.3. The largest absolute Gasteiger partial charge is 0.497 e. The SMILES string of the molecule is CCOC(=O)c1sc2nc3c(c(-c4ccc(OC)cc4)c2c1N)CCC3. The van der Waals surface area contributed by atoms with E-state index in [9.17, 15) is 4.79 Å². The summed E-state index contributed by atoms with van der Waals surface area (Å²) >= 11 is 1.32. The van der Waals surface area contributed by atoms with E-state index in [-0.39, 0.29) is 5.97 Å². The molecule has 5 nitrogen and oxygen atoms in total. The highest BCUT2D eigenvalue weighted by Crippen LogP contribution is 2.44. The number of carbonyl (C=O) groups excluding carboxylic acids is 1. The van der Waals surface area contributed by atoms with Crippen molar-refractivity contribution in [2.75, 3.05) is 19.5 Å². The lowest BCUT2D eigenvalue weighted by molar-refractivity contribution is 0.0533. The molecule has 1 aliphatic rings. The highest BCUT2D eigenvalue weighted by Gasteiger charge is 2.26. The zero-order valence-corrected chi connectivity index (χ0v) is 15.6. The zero-order chi connectivity index (χ0) is 18.3. The number of ether oxygens (including phenoxy) is 2. The molecule has 0 radical (unpaired) electrons. The molecule has 6 heteroatoms. The highest BCUT2D eigenvalue weighted by atomic mass is 32.1. The summed E-state index contributed by atoms with van der Waals surface area (Å²) in [6.07, 6.45) is 3.03. The van der Waals surface area contributed by atoms with Gasteiger partial charge in [-0.3, -0.25) is 0 Å². The summed E-state index contributed by atoms with van der Waals surface area (Å²) in [6, 6.07) is 7.95. The van der Waals surface area contributed by atoms with Crippen molar-refractivity contribution in [1.29, 1.82) is 0 Å². The molecule has 1 aromatic carbocycles. The number of esters is 1. The number of carbonyl (C=O) groups is 1. The van der Waals surface area contributed by atoms with Crippen LogP contribution >= 0.6 is 11.3 Å². The molecule has 4 rings (SSSR count). The van der Waals surface area contributed by atoms with Crippen LogP contribution < -0.4 is 10.5 Å². The summed E-state index contributed by atoms with van der Waals surface area (Å²) in [6.45, 7) is 2.11. The maximum Gasteiger partial charge on any atom is 0.350 e. The van der Waals surface area contributed by atoms with Gasteiger partial charge in [0.1, 0.15) is 15.5 Å². The van der Waals surface area contributed by atoms with E-state index in [1.165, 1.54) is 16.9 Å².